The van der Waals surface area contributed by atoms with Crippen LogP contribution in [0.3, 0.4) is 0 Å². The summed E-state index contributed by atoms with van der Waals surface area (Å²) >= 11 is 2.21. The lowest BCUT2D eigenvalue weighted by Crippen LogP contribution is -1.96. The van der Waals surface area contributed by atoms with Crippen molar-refractivity contribution in [3.8, 4) is 5.75 Å². The van der Waals surface area contributed by atoms with Gasteiger partial charge in [-0.15, -0.1) is 0 Å². The van der Waals surface area contributed by atoms with Crippen LogP contribution in [0, 0.1) is 3.57 Å². The largest absolute Gasteiger partial charge is 0.486 e. The van der Waals surface area contributed by atoms with Crippen molar-refractivity contribution in [3.05, 3.63) is 27.8 Å². The molecule has 0 unspecified atom stereocenters. The molecule has 1 aromatic carbocycles. The van der Waals surface area contributed by atoms with E-state index in [0.717, 1.165) is 15.6 Å². The van der Waals surface area contributed by atoms with Crippen molar-refractivity contribution >= 4 is 28.9 Å². The molecule has 3 heteroatoms. The second-order valence-corrected chi connectivity index (χ2v) is 3.18. The van der Waals surface area contributed by atoms with E-state index in [1.165, 1.54) is 0 Å². The summed E-state index contributed by atoms with van der Waals surface area (Å²) in [6, 6.07) is 7.54. The van der Waals surface area contributed by atoms with Crippen LogP contribution in [0.25, 0.3) is 0 Å². The molecule has 0 radical (unpaired) electrons. The van der Waals surface area contributed by atoms with E-state index >= 15 is 0 Å². The van der Waals surface area contributed by atoms with E-state index in [9.17, 15) is 4.79 Å². The van der Waals surface area contributed by atoms with Crippen LogP contribution < -0.4 is 4.74 Å². The fourth-order valence-electron chi connectivity index (χ4n) is 0.661. The molecule has 2 nitrogen and oxygen atoms in total. The molecule has 0 aliphatic heterocycles. The van der Waals surface area contributed by atoms with E-state index in [-0.39, 0.29) is 6.61 Å². The van der Waals surface area contributed by atoms with Gasteiger partial charge in [-0.2, -0.15) is 0 Å². The van der Waals surface area contributed by atoms with E-state index in [1.54, 1.807) is 0 Å². The predicted molar refractivity (Wildman–Crippen MR) is 50.7 cm³/mol. The van der Waals surface area contributed by atoms with E-state index in [2.05, 4.69) is 22.6 Å². The Balaban J connectivity index is 2.58. The van der Waals surface area contributed by atoms with Gasteiger partial charge < -0.3 is 4.74 Å². The van der Waals surface area contributed by atoms with Crippen molar-refractivity contribution in [2.75, 3.05) is 6.61 Å². The highest BCUT2D eigenvalue weighted by molar-refractivity contribution is 14.1. The van der Waals surface area contributed by atoms with Crippen LogP contribution in [0.1, 0.15) is 0 Å². The van der Waals surface area contributed by atoms with Gasteiger partial charge in [0.2, 0.25) is 0 Å². The Hall–Kier alpha value is -0.580. The molecule has 1 rings (SSSR count). The molecule has 0 saturated heterocycles. The van der Waals surface area contributed by atoms with Crippen molar-refractivity contribution in [1.82, 2.24) is 0 Å². The maximum atomic E-state index is 9.92. The smallest absolute Gasteiger partial charge is 0.157 e. The molecule has 0 aliphatic rings. The molecular weight excluding hydrogens is 255 g/mol. The molecule has 0 saturated carbocycles. The molecule has 0 heterocycles. The Morgan fingerprint density at radius 3 is 2.55 bits per heavy atom. The van der Waals surface area contributed by atoms with E-state index in [4.69, 9.17) is 4.74 Å². The SMILES string of the molecule is O=CCOc1ccc(I)cc1. The summed E-state index contributed by atoms with van der Waals surface area (Å²) in [5, 5.41) is 0. The van der Waals surface area contributed by atoms with Crippen molar-refractivity contribution in [2.45, 2.75) is 0 Å². The fourth-order valence-corrected chi connectivity index (χ4v) is 1.02. The van der Waals surface area contributed by atoms with E-state index in [0.29, 0.717) is 0 Å². The number of hydrogen-bond acceptors (Lipinski definition) is 2. The average Bonchev–Trinajstić information content (AvgIpc) is 2.04. The van der Waals surface area contributed by atoms with E-state index in [1.807, 2.05) is 24.3 Å². The molecular formula is C8H7IO2. The van der Waals surface area contributed by atoms with Crippen molar-refractivity contribution in [2.24, 2.45) is 0 Å². The van der Waals surface area contributed by atoms with Gasteiger partial charge in [0.1, 0.15) is 12.4 Å². The summed E-state index contributed by atoms with van der Waals surface area (Å²) in [4.78, 5) is 9.92. The molecule has 0 spiro atoms. The van der Waals surface area contributed by atoms with Gasteiger partial charge in [0, 0.05) is 3.57 Å². The first-order valence-electron chi connectivity index (χ1n) is 3.15. The minimum atomic E-state index is 0.126. The molecule has 11 heavy (non-hydrogen) atoms. The van der Waals surface area contributed by atoms with Gasteiger partial charge in [-0.3, -0.25) is 4.79 Å². The zero-order valence-corrected chi connectivity index (χ0v) is 7.95. The number of hydrogen-bond donors (Lipinski definition) is 0. The zero-order valence-electron chi connectivity index (χ0n) is 5.79. The van der Waals surface area contributed by atoms with Crippen LogP contribution in [0.4, 0.5) is 0 Å². The van der Waals surface area contributed by atoms with Gasteiger partial charge in [-0.1, -0.05) is 0 Å². The molecule has 0 atom stereocenters. The Labute approximate surface area is 78.7 Å². The summed E-state index contributed by atoms with van der Waals surface area (Å²) < 4.78 is 6.19. The van der Waals surface area contributed by atoms with Crippen LogP contribution in [-0.2, 0) is 4.79 Å². The lowest BCUT2D eigenvalue weighted by Gasteiger charge is -2.00. The Morgan fingerprint density at radius 1 is 1.36 bits per heavy atom. The monoisotopic (exact) mass is 262 g/mol. The highest BCUT2D eigenvalue weighted by atomic mass is 127. The minimum absolute atomic E-state index is 0.126. The molecule has 0 aromatic heterocycles. The Kier molecular flexibility index (Phi) is 3.35. The number of carbonyl (C=O) groups excluding carboxylic acids is 1. The van der Waals surface area contributed by atoms with Crippen molar-refractivity contribution in [1.29, 1.82) is 0 Å². The first kappa shape index (κ1) is 8.52. The topological polar surface area (TPSA) is 26.3 Å². The molecule has 0 aliphatic carbocycles. The summed E-state index contributed by atoms with van der Waals surface area (Å²) in [5.74, 6) is 0.734. The van der Waals surface area contributed by atoms with Gasteiger partial charge in [0.25, 0.3) is 0 Å². The lowest BCUT2D eigenvalue weighted by molar-refractivity contribution is -0.109. The second-order valence-electron chi connectivity index (χ2n) is 1.93. The molecule has 0 N–H and O–H groups in total. The molecule has 0 fully saturated rings. The average molecular weight is 262 g/mol. The summed E-state index contributed by atoms with van der Waals surface area (Å²) in [7, 11) is 0. The third kappa shape index (κ3) is 2.88. The third-order valence-corrected chi connectivity index (χ3v) is 1.85. The van der Waals surface area contributed by atoms with Crippen LogP contribution in [0.2, 0.25) is 0 Å². The fraction of sp³-hybridized carbons (Fsp3) is 0.125. The van der Waals surface area contributed by atoms with Crippen LogP contribution >= 0.6 is 22.6 Å². The molecule has 0 amide bonds. The molecule has 0 bridgehead atoms. The van der Waals surface area contributed by atoms with Gasteiger partial charge in [0.15, 0.2) is 6.29 Å². The second kappa shape index (κ2) is 4.33. The summed E-state index contributed by atoms with van der Waals surface area (Å²) in [6.45, 7) is 0.126. The highest BCUT2D eigenvalue weighted by Crippen LogP contribution is 2.12. The number of rotatable bonds is 3. The Bertz CT molecular complexity index is 230. The van der Waals surface area contributed by atoms with Gasteiger partial charge in [0.05, 0.1) is 0 Å². The van der Waals surface area contributed by atoms with Crippen molar-refractivity contribution < 1.29 is 9.53 Å². The number of carbonyl (C=O) groups is 1. The zero-order chi connectivity index (χ0) is 8.10. The summed E-state index contributed by atoms with van der Waals surface area (Å²) in [6.07, 6.45) is 0.734. The number of benzene rings is 1. The molecule has 58 valence electrons. The standard InChI is InChI=1S/C8H7IO2/c9-7-1-3-8(4-2-7)11-6-5-10/h1-5H,6H2. The summed E-state index contributed by atoms with van der Waals surface area (Å²) in [5.41, 5.74) is 0. The first-order valence-corrected chi connectivity index (χ1v) is 4.23. The van der Waals surface area contributed by atoms with Gasteiger partial charge >= 0.3 is 0 Å². The number of halogens is 1. The quantitative estimate of drug-likeness (QED) is 0.614. The number of aldehydes is 1. The number of ether oxygens (including phenoxy) is 1. The molecule has 1 aromatic rings. The van der Waals surface area contributed by atoms with Crippen LogP contribution in [0.5, 0.6) is 5.75 Å². The Morgan fingerprint density at radius 2 is 2.00 bits per heavy atom. The van der Waals surface area contributed by atoms with E-state index < -0.39 is 0 Å². The van der Waals surface area contributed by atoms with Gasteiger partial charge in [-0.25, -0.2) is 0 Å². The van der Waals surface area contributed by atoms with Gasteiger partial charge in [-0.05, 0) is 46.9 Å². The third-order valence-electron chi connectivity index (χ3n) is 1.13. The maximum Gasteiger partial charge on any atom is 0.157 e. The predicted octanol–water partition coefficient (Wildman–Crippen LogP) is 1.87. The van der Waals surface area contributed by atoms with Crippen molar-refractivity contribution in [3.63, 3.8) is 0 Å². The minimum Gasteiger partial charge on any atom is -0.486 e. The highest BCUT2D eigenvalue weighted by Gasteiger charge is 1.90. The van der Waals surface area contributed by atoms with Crippen LogP contribution in [-0.4, -0.2) is 12.9 Å². The lowest BCUT2D eigenvalue weighted by atomic mass is 10.3. The maximum absolute atomic E-state index is 9.92. The first-order chi connectivity index (χ1) is 5.33. The van der Waals surface area contributed by atoms with Crippen LogP contribution in [0.15, 0.2) is 24.3 Å². The normalized spacial score (nSPS) is 9.18.